The van der Waals surface area contributed by atoms with Gasteiger partial charge in [0.05, 0.1) is 7.11 Å². The first-order valence-corrected chi connectivity index (χ1v) is 4.99. The summed E-state index contributed by atoms with van der Waals surface area (Å²) in [6.45, 7) is 4.00. The topological polar surface area (TPSA) is 18.5 Å². The molecular weight excluding hydrogens is 176 g/mol. The van der Waals surface area contributed by atoms with Gasteiger partial charge in [0.1, 0.15) is 6.61 Å². The van der Waals surface area contributed by atoms with Crippen LogP contribution in [-0.4, -0.2) is 7.11 Å². The molecule has 0 spiro atoms. The number of ether oxygens (including phenoxy) is 2. The van der Waals surface area contributed by atoms with Crippen LogP contribution in [0.25, 0.3) is 0 Å². The van der Waals surface area contributed by atoms with Gasteiger partial charge in [-0.15, -0.1) is 0 Å². The first-order valence-electron chi connectivity index (χ1n) is 4.99. The Morgan fingerprint density at radius 3 is 2.57 bits per heavy atom. The molecule has 0 aliphatic heterocycles. The van der Waals surface area contributed by atoms with Crippen molar-refractivity contribution in [3.8, 4) is 11.5 Å². The van der Waals surface area contributed by atoms with E-state index < -0.39 is 0 Å². The number of para-hydroxylation sites is 2. The number of unbranched alkanes of at least 4 members (excludes halogenated alkanes) is 2. The minimum atomic E-state index is 0.778. The maximum absolute atomic E-state index is 5.48. The van der Waals surface area contributed by atoms with Crippen molar-refractivity contribution in [2.45, 2.75) is 26.2 Å². The molecular formula is C12H17O2. The molecule has 2 heteroatoms. The van der Waals surface area contributed by atoms with Crippen molar-refractivity contribution in [1.82, 2.24) is 0 Å². The summed E-state index contributed by atoms with van der Waals surface area (Å²) in [5.41, 5.74) is 0. The van der Waals surface area contributed by atoms with Gasteiger partial charge in [0.15, 0.2) is 11.5 Å². The first kappa shape index (κ1) is 10.9. The largest absolute Gasteiger partial charge is 0.493 e. The van der Waals surface area contributed by atoms with Gasteiger partial charge in [0, 0.05) is 0 Å². The molecule has 0 bridgehead atoms. The standard InChI is InChI=1S/C12H17O2/c1-3-4-7-10-14-12-9-6-5-8-11(12)13-2/h5-6,8-10H,3-4,7H2,1-2H3. The lowest BCUT2D eigenvalue weighted by atomic mass is 10.2. The number of rotatable bonds is 6. The molecule has 0 aliphatic carbocycles. The van der Waals surface area contributed by atoms with Gasteiger partial charge >= 0.3 is 0 Å². The van der Waals surface area contributed by atoms with Crippen molar-refractivity contribution in [1.29, 1.82) is 0 Å². The van der Waals surface area contributed by atoms with E-state index in [0.717, 1.165) is 24.3 Å². The summed E-state index contributed by atoms with van der Waals surface area (Å²) in [6.07, 6.45) is 3.33. The van der Waals surface area contributed by atoms with E-state index in [1.807, 2.05) is 30.9 Å². The quantitative estimate of drug-likeness (QED) is 0.644. The molecule has 0 aliphatic rings. The predicted molar refractivity (Wildman–Crippen MR) is 57.4 cm³/mol. The summed E-state index contributed by atoms with van der Waals surface area (Å²) in [5.74, 6) is 1.56. The molecule has 0 fully saturated rings. The van der Waals surface area contributed by atoms with E-state index in [2.05, 4.69) is 6.92 Å². The Balaban J connectivity index is 2.41. The monoisotopic (exact) mass is 193 g/mol. The van der Waals surface area contributed by atoms with Crippen LogP contribution in [-0.2, 0) is 0 Å². The Bertz CT molecular complexity index is 258. The smallest absolute Gasteiger partial charge is 0.161 e. The number of hydrogen-bond donors (Lipinski definition) is 0. The van der Waals surface area contributed by atoms with Gasteiger partial charge in [-0.05, 0) is 25.0 Å². The van der Waals surface area contributed by atoms with E-state index in [0.29, 0.717) is 0 Å². The molecule has 0 atom stereocenters. The fourth-order valence-electron chi connectivity index (χ4n) is 1.15. The van der Waals surface area contributed by atoms with Crippen molar-refractivity contribution in [3.63, 3.8) is 0 Å². The van der Waals surface area contributed by atoms with Gasteiger partial charge in [-0.3, -0.25) is 0 Å². The molecule has 1 radical (unpaired) electrons. The molecule has 0 N–H and O–H groups in total. The third-order valence-corrected chi connectivity index (χ3v) is 1.95. The normalized spacial score (nSPS) is 9.86. The number of hydrogen-bond acceptors (Lipinski definition) is 2. The molecule has 2 nitrogen and oxygen atoms in total. The van der Waals surface area contributed by atoms with Crippen LogP contribution in [0.4, 0.5) is 0 Å². The highest BCUT2D eigenvalue weighted by Gasteiger charge is 2.01. The van der Waals surface area contributed by atoms with Gasteiger partial charge in [0.25, 0.3) is 0 Å². The second kappa shape index (κ2) is 6.30. The maximum atomic E-state index is 5.48. The summed E-state index contributed by atoms with van der Waals surface area (Å²) >= 11 is 0. The van der Waals surface area contributed by atoms with Gasteiger partial charge in [0.2, 0.25) is 0 Å². The minimum absolute atomic E-state index is 0.778. The molecule has 0 heterocycles. The predicted octanol–water partition coefficient (Wildman–Crippen LogP) is 3.43. The molecule has 1 aromatic carbocycles. The second-order valence-corrected chi connectivity index (χ2v) is 3.08. The summed E-state index contributed by atoms with van der Waals surface area (Å²) < 4.78 is 10.6. The summed E-state index contributed by atoms with van der Waals surface area (Å²) in [6, 6.07) is 7.66. The van der Waals surface area contributed by atoms with Crippen LogP contribution in [0.5, 0.6) is 11.5 Å². The van der Waals surface area contributed by atoms with Crippen molar-refractivity contribution >= 4 is 0 Å². The second-order valence-electron chi connectivity index (χ2n) is 3.08. The van der Waals surface area contributed by atoms with E-state index >= 15 is 0 Å². The van der Waals surface area contributed by atoms with Crippen LogP contribution >= 0.6 is 0 Å². The molecule has 0 saturated carbocycles. The van der Waals surface area contributed by atoms with Crippen molar-refractivity contribution in [3.05, 3.63) is 30.9 Å². The van der Waals surface area contributed by atoms with Crippen molar-refractivity contribution < 1.29 is 9.47 Å². The fourth-order valence-corrected chi connectivity index (χ4v) is 1.15. The zero-order chi connectivity index (χ0) is 10.2. The van der Waals surface area contributed by atoms with Crippen molar-refractivity contribution in [2.75, 3.05) is 7.11 Å². The summed E-state index contributed by atoms with van der Waals surface area (Å²) in [4.78, 5) is 0. The Morgan fingerprint density at radius 2 is 1.93 bits per heavy atom. The molecule has 0 amide bonds. The maximum Gasteiger partial charge on any atom is 0.161 e. The summed E-state index contributed by atoms with van der Waals surface area (Å²) in [5, 5.41) is 0. The van der Waals surface area contributed by atoms with E-state index in [1.54, 1.807) is 7.11 Å². The summed E-state index contributed by atoms with van der Waals surface area (Å²) in [7, 11) is 1.65. The Kier molecular flexibility index (Phi) is 4.90. The molecule has 0 saturated heterocycles. The van der Waals surface area contributed by atoms with Crippen LogP contribution in [0.1, 0.15) is 26.2 Å². The highest BCUT2D eigenvalue weighted by atomic mass is 16.5. The van der Waals surface area contributed by atoms with Crippen LogP contribution in [0, 0.1) is 6.61 Å². The molecule has 1 rings (SSSR count). The highest BCUT2D eigenvalue weighted by molar-refractivity contribution is 5.39. The van der Waals surface area contributed by atoms with Crippen LogP contribution in [0.3, 0.4) is 0 Å². The fraction of sp³-hybridized carbons (Fsp3) is 0.417. The molecule has 77 valence electrons. The molecule has 0 aromatic heterocycles. The zero-order valence-corrected chi connectivity index (χ0v) is 8.82. The SMILES string of the molecule is CCCC[CH]Oc1ccccc1OC. The average Bonchev–Trinajstić information content (AvgIpc) is 2.25. The van der Waals surface area contributed by atoms with E-state index in [9.17, 15) is 0 Å². The van der Waals surface area contributed by atoms with Crippen molar-refractivity contribution in [2.24, 2.45) is 0 Å². The lowest BCUT2D eigenvalue weighted by molar-refractivity contribution is 0.343. The average molecular weight is 193 g/mol. The van der Waals surface area contributed by atoms with Gasteiger partial charge in [-0.1, -0.05) is 25.5 Å². The minimum Gasteiger partial charge on any atom is -0.493 e. The molecule has 0 unspecified atom stereocenters. The third kappa shape index (κ3) is 3.29. The highest BCUT2D eigenvalue weighted by Crippen LogP contribution is 2.26. The Labute approximate surface area is 85.8 Å². The van der Waals surface area contributed by atoms with Gasteiger partial charge < -0.3 is 9.47 Å². The van der Waals surface area contributed by atoms with Gasteiger partial charge in [-0.25, -0.2) is 0 Å². The zero-order valence-electron chi connectivity index (χ0n) is 8.82. The molecule has 1 aromatic rings. The number of methoxy groups -OCH3 is 1. The van der Waals surface area contributed by atoms with Crippen LogP contribution in [0.2, 0.25) is 0 Å². The van der Waals surface area contributed by atoms with Gasteiger partial charge in [-0.2, -0.15) is 0 Å². The number of benzene rings is 1. The van der Waals surface area contributed by atoms with E-state index in [-0.39, 0.29) is 0 Å². The first-order chi connectivity index (χ1) is 6.88. The van der Waals surface area contributed by atoms with E-state index in [1.165, 1.54) is 6.42 Å². The Hall–Kier alpha value is -1.18. The third-order valence-electron chi connectivity index (χ3n) is 1.95. The Morgan fingerprint density at radius 1 is 1.21 bits per heavy atom. The lowest BCUT2D eigenvalue weighted by Gasteiger charge is -2.08. The lowest BCUT2D eigenvalue weighted by Crippen LogP contribution is -1.93. The van der Waals surface area contributed by atoms with Crippen LogP contribution in [0.15, 0.2) is 24.3 Å². The van der Waals surface area contributed by atoms with Crippen LogP contribution < -0.4 is 9.47 Å². The van der Waals surface area contributed by atoms with E-state index in [4.69, 9.17) is 9.47 Å². The molecule has 14 heavy (non-hydrogen) atoms.